The Morgan fingerprint density at radius 3 is 2.69 bits per heavy atom. The summed E-state index contributed by atoms with van der Waals surface area (Å²) in [6.45, 7) is 5.68. The summed E-state index contributed by atoms with van der Waals surface area (Å²) in [5, 5.41) is 3.76. The first-order valence-electron chi connectivity index (χ1n) is 10.3. The summed E-state index contributed by atoms with van der Waals surface area (Å²) >= 11 is 12.1. The van der Waals surface area contributed by atoms with E-state index in [2.05, 4.69) is 17.2 Å². The normalized spacial score (nSPS) is 12.0. The third-order valence-electron chi connectivity index (χ3n) is 5.17. The molecule has 4 rings (SSSR count). The zero-order chi connectivity index (χ0) is 22.8. The van der Waals surface area contributed by atoms with Crippen molar-refractivity contribution in [3.8, 4) is 17.2 Å². The quantitative estimate of drug-likeness (QED) is 0.328. The smallest absolute Gasteiger partial charge is 0.265 e. The summed E-state index contributed by atoms with van der Waals surface area (Å²) in [5.41, 5.74) is 5.07. The molecule has 0 aliphatic rings. The highest BCUT2D eigenvalue weighted by Gasteiger charge is 2.18. The second-order valence-corrected chi connectivity index (χ2v) is 8.37. The second-order valence-electron chi connectivity index (χ2n) is 7.53. The Kier molecular flexibility index (Phi) is 6.40. The van der Waals surface area contributed by atoms with Gasteiger partial charge in [0.05, 0.1) is 5.02 Å². The van der Waals surface area contributed by atoms with Crippen molar-refractivity contribution in [3.05, 3.63) is 75.8 Å². The van der Waals surface area contributed by atoms with E-state index < -0.39 is 6.10 Å². The van der Waals surface area contributed by atoms with Crippen LogP contribution in [0.25, 0.3) is 22.6 Å². The highest BCUT2D eigenvalue weighted by Crippen LogP contribution is 2.30. The van der Waals surface area contributed by atoms with Crippen LogP contribution in [0, 0.1) is 6.92 Å². The Balaban J connectivity index is 1.54. The minimum absolute atomic E-state index is 0.304. The van der Waals surface area contributed by atoms with E-state index >= 15 is 0 Å². The number of nitrogens with one attached hydrogen (secondary N) is 1. The second kappa shape index (κ2) is 9.23. The van der Waals surface area contributed by atoms with Gasteiger partial charge < -0.3 is 14.5 Å². The van der Waals surface area contributed by atoms with Gasteiger partial charge in [0.2, 0.25) is 5.89 Å². The van der Waals surface area contributed by atoms with Crippen LogP contribution in [0.2, 0.25) is 10.0 Å². The fourth-order valence-electron chi connectivity index (χ4n) is 3.26. The van der Waals surface area contributed by atoms with E-state index in [9.17, 15) is 4.79 Å². The molecule has 1 N–H and O–H groups in total. The Morgan fingerprint density at radius 1 is 1.12 bits per heavy atom. The van der Waals surface area contributed by atoms with Crippen LogP contribution in [-0.4, -0.2) is 17.0 Å². The molecule has 0 aliphatic heterocycles. The van der Waals surface area contributed by atoms with Gasteiger partial charge in [-0.1, -0.05) is 42.3 Å². The molecule has 1 amide bonds. The van der Waals surface area contributed by atoms with Crippen LogP contribution in [0.4, 0.5) is 5.69 Å². The highest BCUT2D eigenvalue weighted by atomic mass is 35.5. The van der Waals surface area contributed by atoms with Crippen LogP contribution in [0.5, 0.6) is 5.75 Å². The van der Waals surface area contributed by atoms with Crippen LogP contribution in [-0.2, 0) is 11.2 Å². The SMILES string of the molecule is CCc1ccc2oc(-c3ccc(C)c(NC(=O)C(C)Oc4ccc(Cl)cc4Cl)c3)nc2c1. The van der Waals surface area contributed by atoms with Gasteiger partial charge in [-0.05, 0) is 73.9 Å². The molecule has 1 heterocycles. The van der Waals surface area contributed by atoms with E-state index in [1.807, 2.05) is 43.3 Å². The van der Waals surface area contributed by atoms with Crippen molar-refractivity contribution in [2.24, 2.45) is 0 Å². The van der Waals surface area contributed by atoms with E-state index in [1.165, 1.54) is 5.56 Å². The highest BCUT2D eigenvalue weighted by molar-refractivity contribution is 6.35. The number of aryl methyl sites for hydroxylation is 2. The first-order chi connectivity index (χ1) is 15.3. The summed E-state index contributed by atoms with van der Waals surface area (Å²) in [6.07, 6.45) is 0.161. The summed E-state index contributed by atoms with van der Waals surface area (Å²) in [5.74, 6) is 0.588. The number of anilines is 1. The summed E-state index contributed by atoms with van der Waals surface area (Å²) in [7, 11) is 0. The van der Waals surface area contributed by atoms with Gasteiger partial charge in [-0.2, -0.15) is 0 Å². The van der Waals surface area contributed by atoms with Crippen LogP contribution in [0.1, 0.15) is 25.0 Å². The van der Waals surface area contributed by atoms with Gasteiger partial charge in [0.25, 0.3) is 5.91 Å². The van der Waals surface area contributed by atoms with Gasteiger partial charge in [0, 0.05) is 16.3 Å². The fraction of sp³-hybridized carbons (Fsp3) is 0.200. The third-order valence-corrected chi connectivity index (χ3v) is 5.70. The molecule has 0 bridgehead atoms. The summed E-state index contributed by atoms with van der Waals surface area (Å²) in [4.78, 5) is 17.4. The number of carbonyl (C=O) groups is 1. The Bertz CT molecular complexity index is 1300. The van der Waals surface area contributed by atoms with Crippen molar-refractivity contribution in [1.29, 1.82) is 0 Å². The van der Waals surface area contributed by atoms with Crippen molar-refractivity contribution < 1.29 is 13.9 Å². The first-order valence-corrected chi connectivity index (χ1v) is 11.0. The molecule has 32 heavy (non-hydrogen) atoms. The number of benzene rings is 3. The third kappa shape index (κ3) is 4.74. The molecular formula is C25H22Cl2N2O3. The van der Waals surface area contributed by atoms with E-state index in [0.717, 1.165) is 28.6 Å². The maximum atomic E-state index is 12.8. The molecule has 0 saturated heterocycles. The molecule has 0 saturated carbocycles. The molecule has 1 unspecified atom stereocenters. The maximum absolute atomic E-state index is 12.8. The lowest BCUT2D eigenvalue weighted by Crippen LogP contribution is -2.30. The Labute approximate surface area is 196 Å². The molecular weight excluding hydrogens is 447 g/mol. The number of amides is 1. The Morgan fingerprint density at radius 2 is 1.94 bits per heavy atom. The van der Waals surface area contributed by atoms with Gasteiger partial charge in [0.1, 0.15) is 11.3 Å². The molecule has 3 aromatic carbocycles. The molecule has 5 nitrogen and oxygen atoms in total. The van der Waals surface area contributed by atoms with Gasteiger partial charge in [-0.15, -0.1) is 0 Å². The zero-order valence-corrected chi connectivity index (χ0v) is 19.4. The molecule has 0 aliphatic carbocycles. The topological polar surface area (TPSA) is 64.4 Å². The molecule has 0 spiro atoms. The predicted octanol–water partition coefficient (Wildman–Crippen LogP) is 7.08. The van der Waals surface area contributed by atoms with Gasteiger partial charge >= 0.3 is 0 Å². The number of halogens is 2. The monoisotopic (exact) mass is 468 g/mol. The van der Waals surface area contributed by atoms with E-state index in [4.69, 9.17) is 32.4 Å². The number of hydrogen-bond donors (Lipinski definition) is 1. The number of aromatic nitrogens is 1. The van der Waals surface area contributed by atoms with Crippen molar-refractivity contribution in [2.75, 3.05) is 5.32 Å². The summed E-state index contributed by atoms with van der Waals surface area (Å²) in [6, 6.07) is 16.5. The van der Waals surface area contributed by atoms with E-state index in [0.29, 0.717) is 27.4 Å². The lowest BCUT2D eigenvalue weighted by atomic mass is 10.1. The molecule has 0 radical (unpaired) electrons. The molecule has 1 atom stereocenters. The number of oxazole rings is 1. The number of carbonyl (C=O) groups excluding carboxylic acids is 1. The average molecular weight is 469 g/mol. The lowest BCUT2D eigenvalue weighted by molar-refractivity contribution is -0.122. The first kappa shape index (κ1) is 22.2. The maximum Gasteiger partial charge on any atom is 0.265 e. The van der Waals surface area contributed by atoms with E-state index in [1.54, 1.807) is 25.1 Å². The molecule has 7 heteroatoms. The number of rotatable bonds is 6. The van der Waals surface area contributed by atoms with Crippen molar-refractivity contribution in [1.82, 2.24) is 4.98 Å². The van der Waals surface area contributed by atoms with Crippen molar-refractivity contribution in [2.45, 2.75) is 33.3 Å². The van der Waals surface area contributed by atoms with Crippen molar-refractivity contribution in [3.63, 3.8) is 0 Å². The average Bonchev–Trinajstić information content (AvgIpc) is 3.20. The number of nitrogens with zero attached hydrogens (tertiary/aromatic N) is 1. The number of hydrogen-bond acceptors (Lipinski definition) is 4. The van der Waals surface area contributed by atoms with E-state index in [-0.39, 0.29) is 5.91 Å². The van der Waals surface area contributed by atoms with Crippen LogP contribution in [0.15, 0.2) is 59.0 Å². The largest absolute Gasteiger partial charge is 0.479 e. The van der Waals surface area contributed by atoms with Crippen LogP contribution < -0.4 is 10.1 Å². The minimum atomic E-state index is -0.770. The standard InChI is InChI=1S/C25H22Cl2N2O3/c1-4-16-6-9-23-21(11-16)29-25(32-23)17-7-5-14(2)20(12-17)28-24(30)15(3)31-22-10-8-18(26)13-19(22)27/h5-13,15H,4H2,1-3H3,(H,28,30). The summed E-state index contributed by atoms with van der Waals surface area (Å²) < 4.78 is 11.6. The molecule has 1 aromatic heterocycles. The Hall–Kier alpha value is -3.02. The fourth-order valence-corrected chi connectivity index (χ4v) is 3.71. The van der Waals surface area contributed by atoms with Crippen LogP contribution in [0.3, 0.4) is 0 Å². The molecule has 0 fully saturated rings. The number of fused-ring (bicyclic) bond motifs is 1. The van der Waals surface area contributed by atoms with Crippen LogP contribution >= 0.6 is 23.2 Å². The van der Waals surface area contributed by atoms with Gasteiger partial charge in [-0.25, -0.2) is 4.98 Å². The van der Waals surface area contributed by atoms with Gasteiger partial charge in [0.15, 0.2) is 11.7 Å². The van der Waals surface area contributed by atoms with Gasteiger partial charge in [-0.3, -0.25) is 4.79 Å². The van der Waals surface area contributed by atoms with Crippen molar-refractivity contribution >= 4 is 45.9 Å². The zero-order valence-electron chi connectivity index (χ0n) is 17.9. The molecule has 164 valence electrons. The lowest BCUT2D eigenvalue weighted by Gasteiger charge is -2.17. The minimum Gasteiger partial charge on any atom is -0.479 e. The predicted molar refractivity (Wildman–Crippen MR) is 129 cm³/mol. The number of ether oxygens (including phenoxy) is 1. The molecule has 4 aromatic rings.